The topological polar surface area (TPSA) is 90.0 Å². The molecule has 0 aliphatic heterocycles. The van der Waals surface area contributed by atoms with Crippen molar-refractivity contribution >= 4 is 29.1 Å². The highest BCUT2D eigenvalue weighted by molar-refractivity contribution is 7.99. The van der Waals surface area contributed by atoms with Gasteiger partial charge in [-0.2, -0.15) is 0 Å². The molecule has 0 radical (unpaired) electrons. The van der Waals surface area contributed by atoms with Crippen LogP contribution in [0.1, 0.15) is 26.5 Å². The Kier molecular flexibility index (Phi) is 6.05. The summed E-state index contributed by atoms with van der Waals surface area (Å²) in [7, 11) is 0. The maximum absolute atomic E-state index is 12.5. The molecule has 0 spiro atoms. The quantitative estimate of drug-likeness (QED) is 0.342. The Morgan fingerprint density at radius 3 is 2.50 bits per heavy atom. The molecule has 150 valence electrons. The van der Waals surface area contributed by atoms with Crippen LogP contribution in [0.2, 0.25) is 0 Å². The van der Waals surface area contributed by atoms with Crippen molar-refractivity contribution < 1.29 is 14.0 Å². The van der Waals surface area contributed by atoms with E-state index >= 15 is 0 Å². The number of rotatable bonds is 8. The van der Waals surface area contributed by atoms with Crippen molar-refractivity contribution in [3.8, 4) is 0 Å². The minimum atomic E-state index is -0.193. The number of nitrogens with zero attached hydrogens (tertiary/aromatic N) is 3. The summed E-state index contributed by atoms with van der Waals surface area (Å²) in [5.41, 5.74) is 1.77. The zero-order valence-corrected chi connectivity index (χ0v) is 16.7. The van der Waals surface area contributed by atoms with Gasteiger partial charge in [-0.15, -0.1) is 10.2 Å². The molecular weight excluding hydrogens is 400 g/mol. The standard InChI is InChI=1S/C22H18N4O3S/c27-20(14-30-22-25-23-15-26(22)13-19-7-4-12-29-19)16-8-10-18(11-9-16)24-21(28)17-5-2-1-3-6-17/h1-12,15H,13-14H2,(H,24,28). The van der Waals surface area contributed by atoms with E-state index in [1.165, 1.54) is 11.8 Å². The summed E-state index contributed by atoms with van der Waals surface area (Å²) in [6.45, 7) is 0.506. The highest BCUT2D eigenvalue weighted by atomic mass is 32.2. The van der Waals surface area contributed by atoms with Gasteiger partial charge in [0.15, 0.2) is 10.9 Å². The normalized spacial score (nSPS) is 10.7. The summed E-state index contributed by atoms with van der Waals surface area (Å²) in [5, 5.41) is 11.5. The molecule has 0 aliphatic rings. The van der Waals surface area contributed by atoms with Crippen LogP contribution in [-0.2, 0) is 6.54 Å². The predicted octanol–water partition coefficient (Wildman–Crippen LogP) is 4.15. The van der Waals surface area contributed by atoms with Gasteiger partial charge >= 0.3 is 0 Å². The monoisotopic (exact) mass is 418 g/mol. The minimum Gasteiger partial charge on any atom is -0.467 e. The molecule has 2 heterocycles. The first-order valence-corrected chi connectivity index (χ1v) is 10.2. The number of hydrogen-bond acceptors (Lipinski definition) is 6. The number of benzene rings is 2. The van der Waals surface area contributed by atoms with E-state index in [-0.39, 0.29) is 17.4 Å². The molecule has 2 aromatic carbocycles. The summed E-state index contributed by atoms with van der Waals surface area (Å²) >= 11 is 1.32. The van der Waals surface area contributed by atoms with Crippen LogP contribution in [-0.4, -0.2) is 32.2 Å². The molecular formula is C22H18N4O3S. The van der Waals surface area contributed by atoms with Crippen LogP contribution in [0.3, 0.4) is 0 Å². The van der Waals surface area contributed by atoms with Crippen molar-refractivity contribution in [2.24, 2.45) is 0 Å². The number of hydrogen-bond donors (Lipinski definition) is 1. The van der Waals surface area contributed by atoms with Gasteiger partial charge in [-0.25, -0.2) is 0 Å². The van der Waals surface area contributed by atoms with E-state index < -0.39 is 0 Å². The van der Waals surface area contributed by atoms with Gasteiger partial charge in [-0.3, -0.25) is 9.59 Å². The number of ketones is 1. The Morgan fingerprint density at radius 2 is 1.77 bits per heavy atom. The summed E-state index contributed by atoms with van der Waals surface area (Å²) in [6, 6.07) is 19.5. The number of carbonyl (C=O) groups excluding carboxylic acids is 2. The predicted molar refractivity (Wildman–Crippen MR) is 114 cm³/mol. The molecule has 0 aliphatic carbocycles. The Labute approximate surface area is 177 Å². The molecule has 2 aromatic heterocycles. The molecule has 0 bridgehead atoms. The highest BCUT2D eigenvalue weighted by Gasteiger charge is 2.12. The molecule has 0 saturated carbocycles. The van der Waals surface area contributed by atoms with E-state index in [1.807, 2.05) is 34.9 Å². The van der Waals surface area contributed by atoms with Crippen molar-refractivity contribution in [3.63, 3.8) is 0 Å². The molecule has 0 atom stereocenters. The molecule has 1 N–H and O–H groups in total. The molecule has 4 rings (SSSR count). The molecule has 8 heteroatoms. The van der Waals surface area contributed by atoms with Crippen LogP contribution in [0.25, 0.3) is 0 Å². The largest absolute Gasteiger partial charge is 0.467 e. The van der Waals surface area contributed by atoms with E-state index in [0.717, 1.165) is 5.76 Å². The summed E-state index contributed by atoms with van der Waals surface area (Å²) < 4.78 is 7.17. The van der Waals surface area contributed by atoms with Crippen LogP contribution >= 0.6 is 11.8 Å². The van der Waals surface area contributed by atoms with Crippen LogP contribution in [0.5, 0.6) is 0 Å². The lowest BCUT2D eigenvalue weighted by Gasteiger charge is -2.07. The number of anilines is 1. The van der Waals surface area contributed by atoms with Crippen molar-refractivity contribution in [2.75, 3.05) is 11.1 Å². The number of furan rings is 1. The maximum Gasteiger partial charge on any atom is 0.255 e. The molecule has 30 heavy (non-hydrogen) atoms. The fourth-order valence-electron chi connectivity index (χ4n) is 2.78. The van der Waals surface area contributed by atoms with E-state index in [1.54, 1.807) is 49.0 Å². The van der Waals surface area contributed by atoms with Gasteiger partial charge in [0, 0.05) is 16.8 Å². The summed E-state index contributed by atoms with van der Waals surface area (Å²) in [5.74, 6) is 0.790. The number of carbonyl (C=O) groups is 2. The number of thioether (sulfide) groups is 1. The first kappa shape index (κ1) is 19.7. The van der Waals surface area contributed by atoms with Gasteiger partial charge in [-0.1, -0.05) is 30.0 Å². The number of amides is 1. The third kappa shape index (κ3) is 4.84. The molecule has 1 amide bonds. The third-order valence-corrected chi connectivity index (χ3v) is 5.30. The van der Waals surface area contributed by atoms with Crippen LogP contribution < -0.4 is 5.32 Å². The maximum atomic E-state index is 12.5. The second-order valence-corrected chi connectivity index (χ2v) is 7.37. The van der Waals surface area contributed by atoms with Gasteiger partial charge in [-0.05, 0) is 48.5 Å². The SMILES string of the molecule is O=C(CSc1nncn1Cc1ccco1)c1ccc(NC(=O)c2ccccc2)cc1. The van der Waals surface area contributed by atoms with Crippen LogP contribution in [0.15, 0.2) is 88.9 Å². The number of aromatic nitrogens is 3. The van der Waals surface area contributed by atoms with E-state index in [2.05, 4.69) is 15.5 Å². The highest BCUT2D eigenvalue weighted by Crippen LogP contribution is 2.19. The Bertz CT molecular complexity index is 1120. The zero-order chi connectivity index (χ0) is 20.8. The first-order chi connectivity index (χ1) is 14.7. The van der Waals surface area contributed by atoms with Gasteiger partial charge < -0.3 is 14.3 Å². The number of Topliss-reactive ketones (excluding diaryl/α,β-unsaturated/α-hetero) is 1. The smallest absolute Gasteiger partial charge is 0.255 e. The fraction of sp³-hybridized carbons (Fsp3) is 0.0909. The Balaban J connectivity index is 1.33. The molecule has 0 saturated heterocycles. The molecule has 0 fully saturated rings. The Morgan fingerprint density at radius 1 is 0.967 bits per heavy atom. The fourth-order valence-corrected chi connectivity index (χ4v) is 3.59. The van der Waals surface area contributed by atoms with Gasteiger partial charge in [0.2, 0.25) is 0 Å². The third-order valence-electron chi connectivity index (χ3n) is 4.32. The van der Waals surface area contributed by atoms with Crippen LogP contribution in [0.4, 0.5) is 5.69 Å². The van der Waals surface area contributed by atoms with Crippen molar-refractivity contribution in [2.45, 2.75) is 11.7 Å². The van der Waals surface area contributed by atoms with Crippen molar-refractivity contribution in [3.05, 3.63) is 96.2 Å². The van der Waals surface area contributed by atoms with E-state index in [0.29, 0.717) is 28.5 Å². The van der Waals surface area contributed by atoms with Crippen molar-refractivity contribution in [1.82, 2.24) is 14.8 Å². The molecule has 0 unspecified atom stereocenters. The average Bonchev–Trinajstić information content (AvgIpc) is 3.45. The number of nitrogens with one attached hydrogen (secondary N) is 1. The second kappa shape index (κ2) is 9.23. The zero-order valence-electron chi connectivity index (χ0n) is 15.9. The van der Waals surface area contributed by atoms with Crippen molar-refractivity contribution in [1.29, 1.82) is 0 Å². The lowest BCUT2D eigenvalue weighted by molar-refractivity contribution is 0.101. The lowest BCUT2D eigenvalue weighted by atomic mass is 10.1. The summed E-state index contributed by atoms with van der Waals surface area (Å²) in [4.78, 5) is 24.7. The second-order valence-electron chi connectivity index (χ2n) is 6.43. The van der Waals surface area contributed by atoms with E-state index in [4.69, 9.17) is 4.42 Å². The van der Waals surface area contributed by atoms with Gasteiger partial charge in [0.25, 0.3) is 5.91 Å². The minimum absolute atomic E-state index is 0.0338. The lowest BCUT2D eigenvalue weighted by Crippen LogP contribution is -2.12. The average molecular weight is 418 g/mol. The molecule has 7 nitrogen and oxygen atoms in total. The Hall–Kier alpha value is -3.65. The summed E-state index contributed by atoms with van der Waals surface area (Å²) in [6.07, 6.45) is 3.22. The van der Waals surface area contributed by atoms with Crippen LogP contribution in [0, 0.1) is 0 Å². The first-order valence-electron chi connectivity index (χ1n) is 9.22. The van der Waals surface area contributed by atoms with E-state index in [9.17, 15) is 9.59 Å². The molecule has 4 aromatic rings. The van der Waals surface area contributed by atoms with Gasteiger partial charge in [0.05, 0.1) is 18.6 Å². The van der Waals surface area contributed by atoms with Gasteiger partial charge in [0.1, 0.15) is 12.1 Å².